The molecule has 0 unspecified atom stereocenters. The summed E-state index contributed by atoms with van der Waals surface area (Å²) >= 11 is 0. The molecule has 0 atom stereocenters. The molecule has 1 aliphatic rings. The van der Waals surface area contributed by atoms with Crippen LogP contribution in [0.4, 0.5) is 4.79 Å². The van der Waals surface area contributed by atoms with E-state index in [0.29, 0.717) is 0 Å². The topological polar surface area (TPSA) is 79.1 Å². The van der Waals surface area contributed by atoms with E-state index in [2.05, 4.69) is 16.9 Å². The molecule has 24 heavy (non-hydrogen) atoms. The van der Waals surface area contributed by atoms with Crippen LogP contribution in [0, 0.1) is 0 Å². The molecule has 1 heterocycles. The first-order valence-corrected chi connectivity index (χ1v) is 9.54. The van der Waals surface area contributed by atoms with Gasteiger partial charge in [-0.3, -0.25) is 4.79 Å². The van der Waals surface area contributed by atoms with E-state index >= 15 is 0 Å². The van der Waals surface area contributed by atoms with Gasteiger partial charge in [0, 0.05) is 6.42 Å². The number of aliphatic carboxylic acids is 1. The fraction of sp³-hybridized carbons (Fsp3) is 0.789. The molecule has 2 amide bonds. The Bertz CT molecular complexity index is 456. The van der Waals surface area contributed by atoms with Crippen LogP contribution in [-0.2, 0) is 4.79 Å². The van der Waals surface area contributed by atoms with Crippen molar-refractivity contribution in [3.8, 4) is 0 Å². The van der Waals surface area contributed by atoms with Crippen molar-refractivity contribution in [2.45, 2.75) is 96.8 Å². The van der Waals surface area contributed by atoms with Crippen molar-refractivity contribution in [1.82, 2.24) is 0 Å². The molecule has 0 aliphatic carbocycles. The van der Waals surface area contributed by atoms with Crippen LogP contribution in [0.2, 0.25) is 0 Å². The van der Waals surface area contributed by atoms with E-state index in [1.165, 1.54) is 32.1 Å². The first-order chi connectivity index (χ1) is 11.6. The third-order valence-corrected chi connectivity index (χ3v) is 4.37. The molecule has 1 rings (SSSR count). The molecule has 0 radical (unpaired) electrons. The van der Waals surface area contributed by atoms with E-state index in [-0.39, 0.29) is 12.5 Å². The number of carboxylic acid groups (broad SMARTS) is 1. The summed E-state index contributed by atoms with van der Waals surface area (Å²) in [6.07, 6.45) is 14.1. The predicted octanol–water partition coefficient (Wildman–Crippen LogP) is 5.57. The Hall–Kier alpha value is -1.52. The third kappa shape index (κ3) is 9.58. The van der Waals surface area contributed by atoms with Gasteiger partial charge in [-0.25, -0.2) is 4.79 Å². The highest BCUT2D eigenvalue weighted by atomic mass is 16.4. The van der Waals surface area contributed by atoms with Crippen molar-refractivity contribution in [1.29, 1.82) is 0 Å². The normalized spacial score (nSPS) is 14.0. The number of hydrogen-bond acceptors (Lipinski definition) is 2. The molecule has 5 nitrogen and oxygen atoms in total. The van der Waals surface area contributed by atoms with Gasteiger partial charge in [-0.1, -0.05) is 58.3 Å². The summed E-state index contributed by atoms with van der Waals surface area (Å²) in [5.74, 6) is -0.718. The number of hydrogen-bond donors (Lipinski definition) is 1. The minimum Gasteiger partial charge on any atom is -0.481 e. The van der Waals surface area contributed by atoms with Crippen LogP contribution in [0.1, 0.15) is 96.8 Å². The summed E-state index contributed by atoms with van der Waals surface area (Å²) in [4.78, 5) is 30.0. The summed E-state index contributed by atoms with van der Waals surface area (Å²) in [6.45, 7) is 2.22. The number of urea groups is 1. The highest BCUT2D eigenvalue weighted by Gasteiger charge is 2.18. The lowest BCUT2D eigenvalue weighted by atomic mass is 10.0. The molecule has 0 saturated heterocycles. The number of nitrogens with zero attached hydrogens (tertiary/aromatic N) is 2. The standard InChI is InChI=1S/C19H32N2O3/c1-2-3-4-5-7-10-13-16-17(21-19(24)20-16)14-11-8-6-9-12-15-18(22)23/h2-15H2,1H3,(H,22,23). The maximum atomic E-state index is 11.4. The number of carboxylic acids is 1. The molecule has 0 bridgehead atoms. The van der Waals surface area contributed by atoms with Gasteiger partial charge in [0.05, 0.1) is 11.4 Å². The molecule has 136 valence electrons. The SMILES string of the molecule is CCCCCCCCC1=NC(=O)N=C1CCCCCCCC(=O)O. The van der Waals surface area contributed by atoms with Crippen LogP contribution >= 0.6 is 0 Å². The predicted molar refractivity (Wildman–Crippen MR) is 98.2 cm³/mol. The Balaban J connectivity index is 2.12. The van der Waals surface area contributed by atoms with Crippen LogP contribution in [0.15, 0.2) is 9.98 Å². The van der Waals surface area contributed by atoms with Crippen molar-refractivity contribution in [3.63, 3.8) is 0 Å². The van der Waals surface area contributed by atoms with E-state index < -0.39 is 5.97 Å². The Labute approximate surface area is 145 Å². The van der Waals surface area contributed by atoms with Crippen molar-refractivity contribution in [3.05, 3.63) is 0 Å². The zero-order chi connectivity index (χ0) is 17.6. The molecule has 5 heteroatoms. The van der Waals surface area contributed by atoms with Gasteiger partial charge in [-0.05, 0) is 32.1 Å². The van der Waals surface area contributed by atoms with Crippen molar-refractivity contribution >= 4 is 23.4 Å². The van der Waals surface area contributed by atoms with Crippen molar-refractivity contribution < 1.29 is 14.7 Å². The smallest absolute Gasteiger partial charge is 0.367 e. The molecule has 1 aliphatic heterocycles. The van der Waals surface area contributed by atoms with Gasteiger partial charge >= 0.3 is 12.0 Å². The number of aliphatic imine (C=N–C) groups is 2. The molecule has 0 aromatic heterocycles. The number of rotatable bonds is 15. The number of carbonyl (C=O) groups is 2. The minimum absolute atomic E-state index is 0.260. The van der Waals surface area contributed by atoms with E-state index in [9.17, 15) is 9.59 Å². The van der Waals surface area contributed by atoms with Gasteiger partial charge in [0.2, 0.25) is 0 Å². The molecule has 0 spiro atoms. The first kappa shape index (κ1) is 20.5. The highest BCUT2D eigenvalue weighted by Crippen LogP contribution is 2.15. The van der Waals surface area contributed by atoms with E-state index in [1.54, 1.807) is 0 Å². The van der Waals surface area contributed by atoms with Crippen LogP contribution in [0.3, 0.4) is 0 Å². The van der Waals surface area contributed by atoms with Gasteiger partial charge in [-0.15, -0.1) is 0 Å². The number of carbonyl (C=O) groups excluding carboxylic acids is 1. The van der Waals surface area contributed by atoms with Gasteiger partial charge in [0.25, 0.3) is 0 Å². The monoisotopic (exact) mass is 336 g/mol. The highest BCUT2D eigenvalue weighted by molar-refractivity contribution is 6.47. The second-order valence-corrected chi connectivity index (χ2v) is 6.58. The van der Waals surface area contributed by atoms with Crippen LogP contribution in [0.25, 0.3) is 0 Å². The quantitative estimate of drug-likeness (QED) is 0.397. The van der Waals surface area contributed by atoms with Gasteiger partial charge in [0.1, 0.15) is 0 Å². The third-order valence-electron chi connectivity index (χ3n) is 4.37. The maximum absolute atomic E-state index is 11.4. The molecule has 0 saturated carbocycles. The average molecular weight is 336 g/mol. The average Bonchev–Trinajstić information content (AvgIpc) is 2.89. The molecule has 0 aromatic carbocycles. The Morgan fingerprint density at radius 3 is 1.75 bits per heavy atom. The molecular formula is C19H32N2O3. The van der Waals surface area contributed by atoms with Gasteiger partial charge < -0.3 is 5.11 Å². The zero-order valence-electron chi connectivity index (χ0n) is 15.1. The summed E-state index contributed by atoms with van der Waals surface area (Å²) in [5.41, 5.74) is 1.79. The Kier molecular flexibility index (Phi) is 11.0. The van der Waals surface area contributed by atoms with Crippen molar-refractivity contribution in [2.75, 3.05) is 0 Å². The summed E-state index contributed by atoms with van der Waals surface area (Å²) in [5, 5.41) is 8.58. The maximum Gasteiger partial charge on any atom is 0.367 e. The minimum atomic E-state index is -0.718. The Morgan fingerprint density at radius 2 is 1.25 bits per heavy atom. The number of amides is 2. The summed E-state index contributed by atoms with van der Waals surface area (Å²) in [6, 6.07) is -0.340. The largest absolute Gasteiger partial charge is 0.481 e. The lowest BCUT2D eigenvalue weighted by Crippen LogP contribution is -2.11. The van der Waals surface area contributed by atoms with Crippen LogP contribution < -0.4 is 0 Å². The van der Waals surface area contributed by atoms with Crippen LogP contribution in [-0.4, -0.2) is 28.5 Å². The second kappa shape index (κ2) is 12.8. The Morgan fingerprint density at radius 1 is 0.792 bits per heavy atom. The second-order valence-electron chi connectivity index (χ2n) is 6.58. The van der Waals surface area contributed by atoms with E-state index in [1.807, 2.05) is 0 Å². The van der Waals surface area contributed by atoms with Crippen molar-refractivity contribution in [2.24, 2.45) is 9.98 Å². The lowest BCUT2D eigenvalue weighted by molar-refractivity contribution is -0.137. The molecule has 0 aromatic rings. The first-order valence-electron chi connectivity index (χ1n) is 9.54. The molecule has 0 fully saturated rings. The van der Waals surface area contributed by atoms with Gasteiger partial charge in [-0.2, -0.15) is 9.98 Å². The molecule has 1 N–H and O–H groups in total. The van der Waals surface area contributed by atoms with Crippen LogP contribution in [0.5, 0.6) is 0 Å². The van der Waals surface area contributed by atoms with E-state index in [4.69, 9.17) is 5.11 Å². The lowest BCUT2D eigenvalue weighted by Gasteiger charge is -2.05. The number of unbranched alkanes of at least 4 members (excludes halogenated alkanes) is 9. The molecular weight excluding hydrogens is 304 g/mol. The summed E-state index contributed by atoms with van der Waals surface area (Å²) in [7, 11) is 0. The van der Waals surface area contributed by atoms with Gasteiger partial charge in [0.15, 0.2) is 0 Å². The summed E-state index contributed by atoms with van der Waals surface area (Å²) < 4.78 is 0. The fourth-order valence-electron chi connectivity index (χ4n) is 2.96. The zero-order valence-corrected chi connectivity index (χ0v) is 15.1. The fourth-order valence-corrected chi connectivity index (χ4v) is 2.96. The van der Waals surface area contributed by atoms with E-state index in [0.717, 1.165) is 62.8 Å².